The third-order valence-electron chi connectivity index (χ3n) is 3.68. The third kappa shape index (κ3) is 3.38. The van der Waals surface area contributed by atoms with Gasteiger partial charge in [-0.1, -0.05) is 6.42 Å². The summed E-state index contributed by atoms with van der Waals surface area (Å²) in [5.74, 6) is -1.89. The van der Waals surface area contributed by atoms with E-state index in [4.69, 9.17) is 17.2 Å². The first-order valence-electron chi connectivity index (χ1n) is 6.69. The smallest absolute Gasteiger partial charge is 0.248 e. The number of hydrogen-bond donors (Lipinski definition) is 4. The van der Waals surface area contributed by atoms with Crippen molar-refractivity contribution in [1.29, 1.82) is 0 Å². The van der Waals surface area contributed by atoms with Gasteiger partial charge in [0.2, 0.25) is 17.7 Å². The van der Waals surface area contributed by atoms with Crippen LogP contribution in [0.15, 0.2) is 18.2 Å². The van der Waals surface area contributed by atoms with Crippen LogP contribution in [-0.2, 0) is 4.79 Å². The molecule has 1 aromatic rings. The van der Waals surface area contributed by atoms with Crippen LogP contribution in [-0.4, -0.2) is 23.8 Å². The second-order valence-electron chi connectivity index (χ2n) is 5.22. The highest BCUT2D eigenvalue weighted by molar-refractivity contribution is 6.02. The largest absolute Gasteiger partial charge is 0.366 e. The van der Waals surface area contributed by atoms with Crippen LogP contribution in [0.4, 0.5) is 5.69 Å². The second-order valence-corrected chi connectivity index (χ2v) is 5.22. The number of anilines is 1. The van der Waals surface area contributed by atoms with Crippen LogP contribution in [0.1, 0.15) is 40.0 Å². The summed E-state index contributed by atoms with van der Waals surface area (Å²) in [6.07, 6.45) is 2.45. The number of nitrogens with two attached hydrogens (primary N) is 3. The Morgan fingerprint density at radius 3 is 2.00 bits per heavy atom. The molecule has 0 radical (unpaired) electrons. The molecule has 1 saturated carbocycles. The molecule has 0 heterocycles. The topological polar surface area (TPSA) is 141 Å². The molecule has 7 nitrogen and oxygen atoms in total. The molecule has 0 bridgehead atoms. The van der Waals surface area contributed by atoms with Crippen LogP contribution in [0.2, 0.25) is 0 Å². The minimum Gasteiger partial charge on any atom is -0.366 e. The quantitative estimate of drug-likeness (QED) is 0.616. The summed E-state index contributed by atoms with van der Waals surface area (Å²) in [5, 5.41) is 2.67. The Kier molecular flexibility index (Phi) is 4.23. The lowest BCUT2D eigenvalue weighted by molar-refractivity contribution is -0.120. The molecule has 3 amide bonds. The summed E-state index contributed by atoms with van der Waals surface area (Å²) in [6.45, 7) is 0. The lowest BCUT2D eigenvalue weighted by Gasteiger charge is -2.16. The maximum atomic E-state index is 12.2. The van der Waals surface area contributed by atoms with E-state index in [9.17, 15) is 14.4 Å². The molecule has 0 aliphatic heterocycles. The minimum absolute atomic E-state index is 0.109. The van der Waals surface area contributed by atoms with Gasteiger partial charge in [-0.2, -0.15) is 0 Å². The van der Waals surface area contributed by atoms with Crippen LogP contribution in [0.5, 0.6) is 0 Å². The predicted octanol–water partition coefficient (Wildman–Crippen LogP) is -0.0497. The first-order chi connectivity index (χ1) is 9.88. The van der Waals surface area contributed by atoms with Gasteiger partial charge >= 0.3 is 0 Å². The summed E-state index contributed by atoms with van der Waals surface area (Å²) in [5.41, 5.74) is 16.8. The van der Waals surface area contributed by atoms with Gasteiger partial charge in [-0.05, 0) is 31.0 Å². The molecular formula is C14H18N4O3. The normalized spacial score (nSPS) is 21.0. The van der Waals surface area contributed by atoms with Crippen molar-refractivity contribution in [3.8, 4) is 0 Å². The standard InChI is InChI=1S/C14H18N4O3/c15-11-3-1-2-10(11)14(21)18-9-5-7(12(16)19)4-8(6-9)13(17)20/h4-6,10-11H,1-3,15H2,(H2,16,19)(H2,17,20)(H,18,21). The van der Waals surface area contributed by atoms with Crippen molar-refractivity contribution in [2.24, 2.45) is 23.1 Å². The molecule has 1 aromatic carbocycles. The number of carbonyl (C=O) groups excluding carboxylic acids is 3. The van der Waals surface area contributed by atoms with Crippen molar-refractivity contribution < 1.29 is 14.4 Å². The molecule has 2 atom stereocenters. The number of rotatable bonds is 4. The molecular weight excluding hydrogens is 272 g/mol. The molecule has 2 rings (SSSR count). The average Bonchev–Trinajstić information content (AvgIpc) is 2.84. The van der Waals surface area contributed by atoms with Crippen molar-refractivity contribution in [2.45, 2.75) is 25.3 Å². The molecule has 21 heavy (non-hydrogen) atoms. The van der Waals surface area contributed by atoms with Crippen molar-refractivity contribution >= 4 is 23.4 Å². The van der Waals surface area contributed by atoms with Gasteiger partial charge in [-0.25, -0.2) is 0 Å². The van der Waals surface area contributed by atoms with Gasteiger partial charge in [-0.3, -0.25) is 14.4 Å². The van der Waals surface area contributed by atoms with Crippen LogP contribution in [0.25, 0.3) is 0 Å². The zero-order chi connectivity index (χ0) is 15.6. The van der Waals surface area contributed by atoms with Crippen molar-refractivity contribution in [1.82, 2.24) is 0 Å². The van der Waals surface area contributed by atoms with E-state index in [0.717, 1.165) is 19.3 Å². The first kappa shape index (κ1) is 15.0. The lowest BCUT2D eigenvalue weighted by Crippen LogP contribution is -2.34. The van der Waals surface area contributed by atoms with Gasteiger partial charge in [0.15, 0.2) is 0 Å². The zero-order valence-electron chi connectivity index (χ0n) is 11.5. The first-order valence-corrected chi connectivity index (χ1v) is 6.69. The monoisotopic (exact) mass is 290 g/mol. The summed E-state index contributed by atoms with van der Waals surface area (Å²) in [4.78, 5) is 34.7. The summed E-state index contributed by atoms with van der Waals surface area (Å²) >= 11 is 0. The van der Waals surface area contributed by atoms with E-state index in [1.54, 1.807) is 0 Å². The van der Waals surface area contributed by atoms with E-state index < -0.39 is 11.8 Å². The molecule has 7 heteroatoms. The van der Waals surface area contributed by atoms with Gasteiger partial charge in [0.1, 0.15) is 0 Å². The number of benzene rings is 1. The molecule has 1 fully saturated rings. The van der Waals surface area contributed by atoms with E-state index in [-0.39, 0.29) is 29.0 Å². The average molecular weight is 290 g/mol. The van der Waals surface area contributed by atoms with Crippen LogP contribution in [0, 0.1) is 5.92 Å². The zero-order valence-corrected chi connectivity index (χ0v) is 11.5. The molecule has 2 unspecified atom stereocenters. The van der Waals surface area contributed by atoms with Crippen LogP contribution >= 0.6 is 0 Å². The second kappa shape index (κ2) is 5.92. The Morgan fingerprint density at radius 1 is 1.00 bits per heavy atom. The Bertz CT molecular complexity index is 568. The molecule has 0 aromatic heterocycles. The lowest BCUT2D eigenvalue weighted by atomic mass is 10.0. The van der Waals surface area contributed by atoms with E-state index in [1.165, 1.54) is 18.2 Å². The molecule has 0 spiro atoms. The van der Waals surface area contributed by atoms with Gasteiger partial charge in [0, 0.05) is 22.9 Å². The fraction of sp³-hybridized carbons (Fsp3) is 0.357. The third-order valence-corrected chi connectivity index (χ3v) is 3.68. The van der Waals surface area contributed by atoms with Crippen molar-refractivity contribution in [2.75, 3.05) is 5.32 Å². The van der Waals surface area contributed by atoms with Crippen LogP contribution in [0.3, 0.4) is 0 Å². The van der Waals surface area contributed by atoms with Gasteiger partial charge in [-0.15, -0.1) is 0 Å². The predicted molar refractivity (Wildman–Crippen MR) is 77.4 cm³/mol. The molecule has 0 saturated heterocycles. The highest BCUT2D eigenvalue weighted by atomic mass is 16.2. The Labute approximate surface area is 121 Å². The van der Waals surface area contributed by atoms with Gasteiger partial charge in [0.05, 0.1) is 5.92 Å². The maximum absolute atomic E-state index is 12.2. The van der Waals surface area contributed by atoms with E-state index in [0.29, 0.717) is 5.69 Å². The Hall–Kier alpha value is -2.41. The van der Waals surface area contributed by atoms with Crippen molar-refractivity contribution in [3.63, 3.8) is 0 Å². The maximum Gasteiger partial charge on any atom is 0.248 e. The van der Waals surface area contributed by atoms with Crippen molar-refractivity contribution in [3.05, 3.63) is 29.3 Å². The number of nitrogens with one attached hydrogen (secondary N) is 1. The van der Waals surface area contributed by atoms with E-state index >= 15 is 0 Å². The van der Waals surface area contributed by atoms with E-state index in [1.807, 2.05) is 0 Å². The summed E-state index contributed by atoms with van der Waals surface area (Å²) < 4.78 is 0. The number of primary amides is 2. The van der Waals surface area contributed by atoms with E-state index in [2.05, 4.69) is 5.32 Å². The Morgan fingerprint density at radius 2 is 1.57 bits per heavy atom. The highest BCUT2D eigenvalue weighted by Gasteiger charge is 2.30. The number of carbonyl (C=O) groups is 3. The molecule has 1 aliphatic carbocycles. The molecule has 112 valence electrons. The Balaban J connectivity index is 2.24. The number of hydrogen-bond acceptors (Lipinski definition) is 4. The SMILES string of the molecule is NC(=O)c1cc(NC(=O)C2CCCC2N)cc(C(N)=O)c1. The number of amides is 3. The van der Waals surface area contributed by atoms with Gasteiger partial charge in [0.25, 0.3) is 0 Å². The highest BCUT2D eigenvalue weighted by Crippen LogP contribution is 2.25. The fourth-order valence-electron chi connectivity index (χ4n) is 2.53. The molecule has 7 N–H and O–H groups in total. The minimum atomic E-state index is -0.703. The van der Waals surface area contributed by atoms with Crippen LogP contribution < -0.4 is 22.5 Å². The molecule has 1 aliphatic rings. The summed E-state index contributed by atoms with van der Waals surface area (Å²) in [7, 11) is 0. The fourth-order valence-corrected chi connectivity index (χ4v) is 2.53. The summed E-state index contributed by atoms with van der Waals surface area (Å²) in [6, 6.07) is 3.95. The van der Waals surface area contributed by atoms with Gasteiger partial charge < -0.3 is 22.5 Å².